The molecule has 0 aromatic heterocycles. The lowest BCUT2D eigenvalue weighted by Gasteiger charge is -2.21. The lowest BCUT2D eigenvalue weighted by atomic mass is 9.88. The predicted octanol–water partition coefficient (Wildman–Crippen LogP) is 0.660. The number of rotatable bonds is 9. The Morgan fingerprint density at radius 1 is 1.22 bits per heavy atom. The summed E-state index contributed by atoms with van der Waals surface area (Å²) < 4.78 is 0. The van der Waals surface area contributed by atoms with Gasteiger partial charge < -0.3 is 11.1 Å². The summed E-state index contributed by atoms with van der Waals surface area (Å²) in [4.78, 5) is 34.2. The van der Waals surface area contributed by atoms with Crippen LogP contribution < -0.4 is 11.1 Å². The molecule has 18 heavy (non-hydrogen) atoms. The Bertz CT molecular complexity index is 313. The van der Waals surface area contributed by atoms with Crippen LogP contribution in [0.4, 0.5) is 0 Å². The maximum atomic E-state index is 12.0. The van der Waals surface area contributed by atoms with Gasteiger partial charge in [-0.05, 0) is 26.3 Å². The van der Waals surface area contributed by atoms with Gasteiger partial charge in [-0.15, -0.1) is 0 Å². The minimum Gasteiger partial charge on any atom is -0.370 e. The van der Waals surface area contributed by atoms with Crippen LogP contribution in [0.5, 0.6) is 0 Å². The maximum Gasteiger partial charge on any atom is 0.217 e. The topological polar surface area (TPSA) is 89.3 Å². The molecule has 0 fully saturated rings. The molecule has 0 aromatic carbocycles. The van der Waals surface area contributed by atoms with Gasteiger partial charge in [0.05, 0.1) is 6.04 Å². The second-order valence-electron chi connectivity index (χ2n) is 4.99. The summed E-state index contributed by atoms with van der Waals surface area (Å²) in [5, 5.41) is 2.96. The van der Waals surface area contributed by atoms with Gasteiger partial charge in [-0.1, -0.05) is 13.8 Å². The summed E-state index contributed by atoms with van der Waals surface area (Å²) in [5.74, 6) is -0.728. The molecule has 0 heterocycles. The van der Waals surface area contributed by atoms with E-state index in [1.807, 2.05) is 13.8 Å². The van der Waals surface area contributed by atoms with E-state index in [2.05, 4.69) is 5.32 Å². The Kier molecular flexibility index (Phi) is 7.43. The maximum absolute atomic E-state index is 12.0. The summed E-state index contributed by atoms with van der Waals surface area (Å²) in [6, 6.07) is -0.250. The summed E-state index contributed by atoms with van der Waals surface area (Å²) in [6.45, 7) is 5.35. The van der Waals surface area contributed by atoms with E-state index < -0.39 is 11.8 Å². The van der Waals surface area contributed by atoms with Crippen LogP contribution in [0.2, 0.25) is 0 Å². The van der Waals surface area contributed by atoms with E-state index >= 15 is 0 Å². The zero-order valence-electron chi connectivity index (χ0n) is 11.7. The van der Waals surface area contributed by atoms with E-state index in [-0.39, 0.29) is 36.4 Å². The highest BCUT2D eigenvalue weighted by molar-refractivity contribution is 5.90. The molecule has 0 aliphatic carbocycles. The Morgan fingerprint density at radius 3 is 2.11 bits per heavy atom. The summed E-state index contributed by atoms with van der Waals surface area (Å²) in [6.07, 6.45) is 0.667. The SMILES string of the molecule is CNC(C(=O)CC(CCC(N)=O)C(C)=O)C(C)C. The van der Waals surface area contributed by atoms with Crippen molar-refractivity contribution in [3.63, 3.8) is 0 Å². The summed E-state index contributed by atoms with van der Waals surface area (Å²) in [7, 11) is 1.73. The lowest BCUT2D eigenvalue weighted by Crippen LogP contribution is -2.40. The number of likely N-dealkylation sites (N-methyl/N-ethyl adjacent to an activating group) is 1. The Hall–Kier alpha value is -1.23. The molecule has 5 heteroatoms. The van der Waals surface area contributed by atoms with Crippen LogP contribution in [0.25, 0.3) is 0 Å². The number of amides is 1. The molecular weight excluding hydrogens is 232 g/mol. The second-order valence-corrected chi connectivity index (χ2v) is 4.99. The molecule has 0 bridgehead atoms. The van der Waals surface area contributed by atoms with Crippen molar-refractivity contribution in [2.75, 3.05) is 7.05 Å². The fourth-order valence-corrected chi connectivity index (χ4v) is 2.00. The Balaban J connectivity index is 4.53. The Morgan fingerprint density at radius 2 is 1.78 bits per heavy atom. The molecule has 2 atom stereocenters. The highest BCUT2D eigenvalue weighted by Gasteiger charge is 2.25. The molecule has 1 amide bonds. The van der Waals surface area contributed by atoms with Crippen LogP contribution in [0.1, 0.15) is 40.0 Å². The third kappa shape index (κ3) is 5.91. The number of Topliss-reactive ketones (excluding diaryl/α,β-unsaturated/α-hetero) is 2. The van der Waals surface area contributed by atoms with Gasteiger partial charge in [0.1, 0.15) is 5.78 Å². The van der Waals surface area contributed by atoms with Gasteiger partial charge in [0.25, 0.3) is 0 Å². The van der Waals surface area contributed by atoms with Gasteiger partial charge in [0, 0.05) is 18.8 Å². The number of hydrogen-bond donors (Lipinski definition) is 2. The first kappa shape index (κ1) is 16.8. The first-order valence-electron chi connectivity index (χ1n) is 6.28. The van der Waals surface area contributed by atoms with Gasteiger partial charge in [-0.3, -0.25) is 14.4 Å². The molecule has 0 aliphatic heterocycles. The van der Waals surface area contributed by atoms with Crippen molar-refractivity contribution in [2.24, 2.45) is 17.6 Å². The predicted molar refractivity (Wildman–Crippen MR) is 69.9 cm³/mol. The monoisotopic (exact) mass is 256 g/mol. The molecule has 3 N–H and O–H groups in total. The zero-order chi connectivity index (χ0) is 14.3. The van der Waals surface area contributed by atoms with Gasteiger partial charge in [0.15, 0.2) is 5.78 Å². The Labute approximate surface area is 108 Å². The number of hydrogen-bond acceptors (Lipinski definition) is 4. The molecule has 0 aliphatic rings. The molecule has 104 valence electrons. The van der Waals surface area contributed by atoms with Crippen LogP contribution in [0.3, 0.4) is 0 Å². The largest absolute Gasteiger partial charge is 0.370 e. The second kappa shape index (κ2) is 7.97. The normalized spacial score (nSPS) is 14.3. The van der Waals surface area contributed by atoms with Gasteiger partial charge >= 0.3 is 0 Å². The number of nitrogens with one attached hydrogen (secondary N) is 1. The van der Waals surface area contributed by atoms with Gasteiger partial charge in [-0.25, -0.2) is 0 Å². The fraction of sp³-hybridized carbons (Fsp3) is 0.769. The average molecular weight is 256 g/mol. The molecule has 0 saturated heterocycles. The third-order valence-corrected chi connectivity index (χ3v) is 3.09. The van der Waals surface area contributed by atoms with Crippen LogP contribution in [-0.4, -0.2) is 30.6 Å². The van der Waals surface area contributed by atoms with E-state index in [9.17, 15) is 14.4 Å². The van der Waals surface area contributed by atoms with Crippen molar-refractivity contribution in [2.45, 2.75) is 46.1 Å². The van der Waals surface area contributed by atoms with Crippen molar-refractivity contribution >= 4 is 17.5 Å². The zero-order valence-corrected chi connectivity index (χ0v) is 11.7. The smallest absolute Gasteiger partial charge is 0.217 e. The first-order chi connectivity index (χ1) is 8.29. The van der Waals surface area contributed by atoms with Crippen LogP contribution >= 0.6 is 0 Å². The number of nitrogens with two attached hydrogens (primary N) is 1. The van der Waals surface area contributed by atoms with Crippen LogP contribution in [0, 0.1) is 11.8 Å². The van der Waals surface area contributed by atoms with E-state index in [0.29, 0.717) is 6.42 Å². The molecule has 0 spiro atoms. The molecule has 0 saturated carbocycles. The van der Waals surface area contributed by atoms with Crippen LogP contribution in [-0.2, 0) is 14.4 Å². The summed E-state index contributed by atoms with van der Waals surface area (Å²) in [5.41, 5.74) is 5.06. The van der Waals surface area contributed by atoms with Crippen LogP contribution in [0.15, 0.2) is 0 Å². The minimum atomic E-state index is -0.442. The van der Waals surface area contributed by atoms with E-state index in [1.54, 1.807) is 7.05 Å². The van der Waals surface area contributed by atoms with Gasteiger partial charge in [-0.2, -0.15) is 0 Å². The molecule has 0 aromatic rings. The lowest BCUT2D eigenvalue weighted by molar-refractivity contribution is -0.129. The van der Waals surface area contributed by atoms with Crippen molar-refractivity contribution in [3.05, 3.63) is 0 Å². The van der Waals surface area contributed by atoms with E-state index in [1.165, 1.54) is 6.92 Å². The fourth-order valence-electron chi connectivity index (χ4n) is 2.00. The molecule has 0 rings (SSSR count). The summed E-state index contributed by atoms with van der Waals surface area (Å²) >= 11 is 0. The minimum absolute atomic E-state index is 0.0113. The van der Waals surface area contributed by atoms with Crippen molar-refractivity contribution in [1.82, 2.24) is 5.32 Å². The molecular formula is C13H24N2O3. The number of carbonyl (C=O) groups is 3. The number of carbonyl (C=O) groups excluding carboxylic acids is 3. The van der Waals surface area contributed by atoms with E-state index in [4.69, 9.17) is 5.73 Å². The quantitative estimate of drug-likeness (QED) is 0.634. The molecule has 2 unspecified atom stereocenters. The molecule has 5 nitrogen and oxygen atoms in total. The van der Waals surface area contributed by atoms with E-state index in [0.717, 1.165) is 0 Å². The standard InChI is InChI=1S/C13H24N2O3/c1-8(2)13(15-4)11(17)7-10(9(3)16)5-6-12(14)18/h8,10,13,15H,5-7H2,1-4H3,(H2,14,18). The highest BCUT2D eigenvalue weighted by Crippen LogP contribution is 2.16. The van der Waals surface area contributed by atoms with Gasteiger partial charge in [0.2, 0.25) is 5.91 Å². The number of ketones is 2. The van der Waals surface area contributed by atoms with Crippen molar-refractivity contribution in [1.29, 1.82) is 0 Å². The molecule has 0 radical (unpaired) electrons. The average Bonchev–Trinajstić information content (AvgIpc) is 2.23. The van der Waals surface area contributed by atoms with Crippen molar-refractivity contribution in [3.8, 4) is 0 Å². The first-order valence-corrected chi connectivity index (χ1v) is 6.28. The number of primary amides is 1. The highest BCUT2D eigenvalue weighted by atomic mass is 16.1. The van der Waals surface area contributed by atoms with Crippen molar-refractivity contribution < 1.29 is 14.4 Å². The third-order valence-electron chi connectivity index (χ3n) is 3.09.